The van der Waals surface area contributed by atoms with Gasteiger partial charge in [-0.05, 0) is 28.7 Å². The molecule has 4 rings (SSSR count). The Balaban J connectivity index is 1.55. The van der Waals surface area contributed by atoms with Crippen LogP contribution in [-0.4, -0.2) is 21.1 Å². The fourth-order valence-corrected chi connectivity index (χ4v) is 3.47. The van der Waals surface area contributed by atoms with E-state index in [1.165, 1.54) is 0 Å². The molecule has 1 aliphatic rings. The van der Waals surface area contributed by atoms with Crippen molar-refractivity contribution in [1.82, 2.24) is 36.7 Å². The number of hydrazine groups is 3. The van der Waals surface area contributed by atoms with E-state index in [1.54, 1.807) is 0 Å². The third kappa shape index (κ3) is 4.41. The molecule has 0 bridgehead atoms. The predicted octanol–water partition coefficient (Wildman–Crippen LogP) is 2.26. The number of aldehydes is 1. The van der Waals surface area contributed by atoms with Crippen molar-refractivity contribution in [2.24, 2.45) is 0 Å². The van der Waals surface area contributed by atoms with E-state index in [4.69, 9.17) is 0 Å². The normalized spacial score (nSPS) is 14.4. The van der Waals surface area contributed by atoms with Gasteiger partial charge in [0.25, 0.3) is 0 Å². The lowest BCUT2D eigenvalue weighted by Crippen LogP contribution is -2.33. The van der Waals surface area contributed by atoms with Crippen LogP contribution in [0.2, 0.25) is 0 Å². The van der Waals surface area contributed by atoms with Gasteiger partial charge in [-0.3, -0.25) is 4.79 Å². The number of nitrogens with zero attached hydrogens (tertiary/aromatic N) is 3. The first-order valence-corrected chi connectivity index (χ1v) is 9.86. The van der Waals surface area contributed by atoms with Crippen LogP contribution >= 0.6 is 0 Å². The monoisotopic (exact) mass is 391 g/mol. The van der Waals surface area contributed by atoms with E-state index < -0.39 is 0 Å². The van der Waals surface area contributed by atoms with Crippen LogP contribution in [-0.2, 0) is 13.0 Å². The molecule has 0 unspecified atom stereocenters. The van der Waals surface area contributed by atoms with Crippen molar-refractivity contribution < 1.29 is 4.79 Å². The first kappa shape index (κ1) is 19.4. The fraction of sp³-hybridized carbons (Fsp3) is 0.286. The zero-order valence-electron chi connectivity index (χ0n) is 16.4. The molecule has 0 spiro atoms. The van der Waals surface area contributed by atoms with Crippen molar-refractivity contribution in [3.8, 4) is 11.1 Å². The lowest BCUT2D eigenvalue weighted by atomic mass is 9.97. The minimum Gasteiger partial charge on any atom is -0.294 e. The van der Waals surface area contributed by atoms with Crippen LogP contribution in [0.25, 0.3) is 11.1 Å². The minimum atomic E-state index is -0.0242. The fourth-order valence-electron chi connectivity index (χ4n) is 3.47. The van der Waals surface area contributed by atoms with Crippen molar-refractivity contribution in [1.29, 1.82) is 0 Å². The van der Waals surface area contributed by atoms with Crippen molar-refractivity contribution in [2.75, 3.05) is 0 Å². The number of aromatic nitrogens is 3. The summed E-state index contributed by atoms with van der Waals surface area (Å²) in [6, 6.07) is 16.7. The SMILES string of the molecule is CCCCc1nc(C=O)nn1Cc1ccc(-c2ccccc2C2NNNN2)cc1. The lowest BCUT2D eigenvalue weighted by Gasteiger charge is -2.15. The van der Waals surface area contributed by atoms with E-state index in [-0.39, 0.29) is 12.0 Å². The molecule has 8 nitrogen and oxygen atoms in total. The summed E-state index contributed by atoms with van der Waals surface area (Å²) in [6.07, 6.45) is 3.61. The van der Waals surface area contributed by atoms with Gasteiger partial charge in [0.15, 0.2) is 6.29 Å². The van der Waals surface area contributed by atoms with Crippen molar-refractivity contribution in [3.63, 3.8) is 0 Å². The second kappa shape index (κ2) is 9.06. The molecule has 0 radical (unpaired) electrons. The van der Waals surface area contributed by atoms with Crippen LogP contribution in [0.4, 0.5) is 0 Å². The van der Waals surface area contributed by atoms with Crippen molar-refractivity contribution in [3.05, 3.63) is 71.3 Å². The molecular formula is C21H25N7O. The molecule has 1 fully saturated rings. The summed E-state index contributed by atoms with van der Waals surface area (Å²) in [5.74, 6) is 1.11. The standard InChI is InChI=1S/C21H25N7O/c1-2-3-8-20-22-19(14-29)25-28(20)13-15-9-11-16(12-10-15)17-6-4-5-7-18(17)21-23-26-27-24-21/h4-7,9-12,14,21,23-24,26-27H,2-3,8,13H2,1H3. The van der Waals surface area contributed by atoms with E-state index in [2.05, 4.69) is 75.3 Å². The van der Waals surface area contributed by atoms with Crippen molar-refractivity contribution in [2.45, 2.75) is 38.9 Å². The van der Waals surface area contributed by atoms with Gasteiger partial charge in [-0.2, -0.15) is 11.1 Å². The maximum absolute atomic E-state index is 11.1. The molecule has 0 amide bonds. The average molecular weight is 391 g/mol. The molecule has 2 aromatic carbocycles. The Hall–Kier alpha value is -2.91. The number of hydrogen-bond acceptors (Lipinski definition) is 7. The Morgan fingerprint density at radius 3 is 2.55 bits per heavy atom. The summed E-state index contributed by atoms with van der Waals surface area (Å²) >= 11 is 0. The van der Waals surface area contributed by atoms with Crippen LogP contribution in [0.3, 0.4) is 0 Å². The van der Waals surface area contributed by atoms with Crippen LogP contribution < -0.4 is 21.9 Å². The third-order valence-electron chi connectivity index (χ3n) is 4.99. The number of rotatable bonds is 8. The number of carbonyl (C=O) groups excluding carboxylic acids is 1. The van der Waals surface area contributed by atoms with Gasteiger partial charge < -0.3 is 0 Å². The highest BCUT2D eigenvalue weighted by atomic mass is 16.1. The van der Waals surface area contributed by atoms with E-state index in [0.29, 0.717) is 12.8 Å². The molecule has 1 aromatic heterocycles. The summed E-state index contributed by atoms with van der Waals surface area (Å²) in [5.41, 5.74) is 16.6. The molecule has 8 heteroatoms. The van der Waals surface area contributed by atoms with E-state index >= 15 is 0 Å². The lowest BCUT2D eigenvalue weighted by molar-refractivity contribution is 0.111. The predicted molar refractivity (Wildman–Crippen MR) is 110 cm³/mol. The highest BCUT2D eigenvalue weighted by Gasteiger charge is 2.18. The van der Waals surface area contributed by atoms with Gasteiger partial charge in [-0.25, -0.2) is 20.5 Å². The topological polar surface area (TPSA) is 95.9 Å². The smallest absolute Gasteiger partial charge is 0.214 e. The molecule has 1 aliphatic heterocycles. The Kier molecular flexibility index (Phi) is 6.06. The summed E-state index contributed by atoms with van der Waals surface area (Å²) < 4.78 is 1.84. The van der Waals surface area contributed by atoms with Gasteiger partial charge in [-0.15, -0.1) is 5.10 Å². The zero-order chi connectivity index (χ0) is 20.1. The van der Waals surface area contributed by atoms with Gasteiger partial charge in [0.2, 0.25) is 5.82 Å². The average Bonchev–Trinajstić information content (AvgIpc) is 3.43. The molecule has 0 atom stereocenters. The summed E-state index contributed by atoms with van der Waals surface area (Å²) in [4.78, 5) is 15.4. The molecule has 150 valence electrons. The molecule has 1 saturated heterocycles. The molecular weight excluding hydrogens is 366 g/mol. The number of benzene rings is 2. The molecule has 2 heterocycles. The van der Waals surface area contributed by atoms with Gasteiger partial charge in [0, 0.05) is 6.42 Å². The quantitative estimate of drug-likeness (QED) is 0.438. The maximum Gasteiger partial charge on any atom is 0.214 e. The first-order valence-electron chi connectivity index (χ1n) is 9.86. The number of nitrogens with one attached hydrogen (secondary N) is 4. The number of unbranched alkanes of at least 4 members (excludes halogenated alkanes) is 1. The highest BCUT2D eigenvalue weighted by molar-refractivity contribution is 5.69. The zero-order valence-corrected chi connectivity index (χ0v) is 16.4. The van der Waals surface area contributed by atoms with Crippen LogP contribution in [0, 0.1) is 0 Å². The Morgan fingerprint density at radius 2 is 1.83 bits per heavy atom. The van der Waals surface area contributed by atoms with Gasteiger partial charge >= 0.3 is 0 Å². The molecule has 0 saturated carbocycles. The van der Waals surface area contributed by atoms with Crippen LogP contribution in [0.5, 0.6) is 0 Å². The molecule has 4 N–H and O–H groups in total. The number of hydrogen-bond donors (Lipinski definition) is 4. The molecule has 29 heavy (non-hydrogen) atoms. The molecule has 3 aromatic rings. The Labute approximate surface area is 169 Å². The number of carbonyl (C=O) groups is 1. The third-order valence-corrected chi connectivity index (χ3v) is 4.99. The second-order valence-electron chi connectivity index (χ2n) is 7.02. The van der Waals surface area contributed by atoms with Crippen molar-refractivity contribution >= 4 is 6.29 Å². The summed E-state index contributed by atoms with van der Waals surface area (Å²) in [6.45, 7) is 2.74. The van der Waals surface area contributed by atoms with Gasteiger partial charge in [0.1, 0.15) is 12.0 Å². The molecule has 0 aliphatic carbocycles. The van der Waals surface area contributed by atoms with Gasteiger partial charge in [0.05, 0.1) is 6.54 Å². The highest BCUT2D eigenvalue weighted by Crippen LogP contribution is 2.28. The van der Waals surface area contributed by atoms with E-state index in [0.717, 1.165) is 47.3 Å². The van der Waals surface area contributed by atoms with E-state index in [1.807, 2.05) is 16.8 Å². The minimum absolute atomic E-state index is 0.0242. The summed E-state index contributed by atoms with van der Waals surface area (Å²) in [5, 5.41) is 4.33. The van der Waals surface area contributed by atoms with Crippen LogP contribution in [0.15, 0.2) is 48.5 Å². The van der Waals surface area contributed by atoms with Crippen LogP contribution in [0.1, 0.15) is 53.5 Å². The van der Waals surface area contributed by atoms with Gasteiger partial charge in [-0.1, -0.05) is 61.9 Å². The second-order valence-corrected chi connectivity index (χ2v) is 7.02. The summed E-state index contributed by atoms with van der Waals surface area (Å²) in [7, 11) is 0. The first-order chi connectivity index (χ1) is 14.3. The van der Waals surface area contributed by atoms with E-state index in [9.17, 15) is 4.79 Å². The Morgan fingerprint density at radius 1 is 1.07 bits per heavy atom. The maximum atomic E-state index is 11.1. The Bertz CT molecular complexity index is 961. The largest absolute Gasteiger partial charge is 0.294 e. The number of aryl methyl sites for hydroxylation is 1.